The second-order valence-electron chi connectivity index (χ2n) is 5.58. The number of carbonyl (C=O) groups is 3. The number of methoxy groups -OCH3 is 1. The maximum absolute atomic E-state index is 12.9. The Labute approximate surface area is 155 Å². The molecule has 0 aliphatic carbocycles. The molecular formula is C19H15ClN2O4. The van der Waals surface area contributed by atoms with Gasteiger partial charge in [-0.1, -0.05) is 35.9 Å². The van der Waals surface area contributed by atoms with E-state index in [0.29, 0.717) is 27.6 Å². The number of urea groups is 1. The van der Waals surface area contributed by atoms with E-state index in [4.69, 9.17) is 16.3 Å². The van der Waals surface area contributed by atoms with Crippen molar-refractivity contribution in [2.75, 3.05) is 12.0 Å². The van der Waals surface area contributed by atoms with Crippen molar-refractivity contribution in [3.63, 3.8) is 0 Å². The molecule has 0 unspecified atom stereocenters. The van der Waals surface area contributed by atoms with Crippen molar-refractivity contribution >= 4 is 41.2 Å². The molecule has 0 bridgehead atoms. The molecule has 1 N–H and O–H groups in total. The van der Waals surface area contributed by atoms with Crippen LogP contribution in [0.4, 0.5) is 10.5 Å². The SMILES string of the molecule is COc1ccccc1/C=C1\C(=O)NC(=O)N(c2cccc(Cl)c2C)C1=O. The predicted octanol–water partition coefficient (Wildman–Crippen LogP) is 3.32. The summed E-state index contributed by atoms with van der Waals surface area (Å²) < 4.78 is 5.24. The number of rotatable bonds is 3. The number of halogens is 1. The number of benzene rings is 2. The van der Waals surface area contributed by atoms with Crippen LogP contribution in [0.1, 0.15) is 11.1 Å². The first-order valence-corrected chi connectivity index (χ1v) is 8.11. The number of hydrogen-bond acceptors (Lipinski definition) is 4. The fourth-order valence-corrected chi connectivity index (χ4v) is 2.83. The lowest BCUT2D eigenvalue weighted by Crippen LogP contribution is -2.54. The average molecular weight is 371 g/mol. The monoisotopic (exact) mass is 370 g/mol. The fourth-order valence-electron chi connectivity index (χ4n) is 2.66. The van der Waals surface area contributed by atoms with Gasteiger partial charge in [-0.25, -0.2) is 9.69 Å². The van der Waals surface area contributed by atoms with Gasteiger partial charge in [-0.15, -0.1) is 0 Å². The number of hydrogen-bond donors (Lipinski definition) is 1. The third kappa shape index (κ3) is 3.07. The van der Waals surface area contributed by atoms with Crippen molar-refractivity contribution in [2.45, 2.75) is 6.92 Å². The van der Waals surface area contributed by atoms with Crippen LogP contribution in [-0.2, 0) is 9.59 Å². The smallest absolute Gasteiger partial charge is 0.335 e. The quantitative estimate of drug-likeness (QED) is 0.664. The molecule has 1 heterocycles. The van der Waals surface area contributed by atoms with Crippen molar-refractivity contribution < 1.29 is 19.1 Å². The molecule has 1 aliphatic rings. The van der Waals surface area contributed by atoms with Gasteiger partial charge < -0.3 is 4.74 Å². The lowest BCUT2D eigenvalue weighted by Gasteiger charge is -2.27. The first kappa shape index (κ1) is 17.7. The van der Waals surface area contributed by atoms with Crippen molar-refractivity contribution in [3.05, 3.63) is 64.2 Å². The van der Waals surface area contributed by atoms with Crippen LogP contribution in [0.25, 0.3) is 6.08 Å². The lowest BCUT2D eigenvalue weighted by atomic mass is 10.1. The third-order valence-corrected chi connectivity index (χ3v) is 4.43. The van der Waals surface area contributed by atoms with Crippen molar-refractivity contribution in [1.82, 2.24) is 5.32 Å². The Morgan fingerprint density at radius 2 is 1.81 bits per heavy atom. The molecule has 1 aliphatic heterocycles. The first-order chi connectivity index (χ1) is 12.4. The number of nitrogens with one attached hydrogen (secondary N) is 1. The van der Waals surface area contributed by atoms with Crippen LogP contribution >= 0.6 is 11.6 Å². The van der Waals surface area contributed by atoms with Crippen LogP contribution in [0.2, 0.25) is 5.02 Å². The molecule has 0 atom stereocenters. The molecule has 6 nitrogen and oxygen atoms in total. The highest BCUT2D eigenvalue weighted by Gasteiger charge is 2.37. The summed E-state index contributed by atoms with van der Waals surface area (Å²) in [5.74, 6) is -0.986. The average Bonchev–Trinajstić information content (AvgIpc) is 2.62. The molecule has 0 saturated carbocycles. The third-order valence-electron chi connectivity index (χ3n) is 4.02. The van der Waals surface area contributed by atoms with E-state index in [1.54, 1.807) is 49.4 Å². The van der Waals surface area contributed by atoms with Crippen LogP contribution < -0.4 is 15.0 Å². The molecule has 26 heavy (non-hydrogen) atoms. The Morgan fingerprint density at radius 3 is 2.54 bits per heavy atom. The molecule has 7 heteroatoms. The molecule has 2 aromatic rings. The molecule has 2 aromatic carbocycles. The predicted molar refractivity (Wildman–Crippen MR) is 98.2 cm³/mol. The van der Waals surface area contributed by atoms with E-state index in [1.165, 1.54) is 13.2 Å². The number of anilines is 1. The summed E-state index contributed by atoms with van der Waals surface area (Å²) in [7, 11) is 1.49. The van der Waals surface area contributed by atoms with Gasteiger partial charge in [0.25, 0.3) is 11.8 Å². The Kier molecular flexibility index (Phi) is 4.77. The summed E-state index contributed by atoms with van der Waals surface area (Å²) in [6.45, 7) is 1.69. The van der Waals surface area contributed by atoms with E-state index in [9.17, 15) is 14.4 Å². The molecule has 0 spiro atoms. The van der Waals surface area contributed by atoms with Gasteiger partial charge >= 0.3 is 6.03 Å². The number of imide groups is 2. The normalized spacial score (nSPS) is 16.0. The summed E-state index contributed by atoms with van der Waals surface area (Å²) >= 11 is 6.10. The Hall–Kier alpha value is -3.12. The van der Waals surface area contributed by atoms with Gasteiger partial charge in [-0.05, 0) is 36.8 Å². The Morgan fingerprint density at radius 1 is 1.08 bits per heavy atom. The van der Waals surface area contributed by atoms with Crippen LogP contribution in [-0.4, -0.2) is 25.0 Å². The molecular weight excluding hydrogens is 356 g/mol. The number of barbiturate groups is 1. The first-order valence-electron chi connectivity index (χ1n) is 7.73. The molecule has 1 fully saturated rings. The molecule has 4 amide bonds. The number of ether oxygens (including phenoxy) is 1. The topological polar surface area (TPSA) is 75.7 Å². The van der Waals surface area contributed by atoms with E-state index in [2.05, 4.69) is 5.32 Å². The van der Waals surface area contributed by atoms with Crippen LogP contribution in [0, 0.1) is 6.92 Å². The maximum Gasteiger partial charge on any atom is 0.335 e. The van der Waals surface area contributed by atoms with Crippen LogP contribution in [0.3, 0.4) is 0 Å². The zero-order chi connectivity index (χ0) is 18.8. The minimum Gasteiger partial charge on any atom is -0.496 e. The maximum atomic E-state index is 12.9. The highest BCUT2D eigenvalue weighted by molar-refractivity contribution is 6.40. The van der Waals surface area contributed by atoms with Crippen LogP contribution in [0.15, 0.2) is 48.0 Å². The highest BCUT2D eigenvalue weighted by Crippen LogP contribution is 2.30. The van der Waals surface area contributed by atoms with E-state index in [0.717, 1.165) is 4.90 Å². The van der Waals surface area contributed by atoms with E-state index >= 15 is 0 Å². The summed E-state index contributed by atoms with van der Waals surface area (Å²) in [6.07, 6.45) is 1.40. The molecule has 1 saturated heterocycles. The van der Waals surface area contributed by atoms with Gasteiger partial charge in [-0.3, -0.25) is 14.9 Å². The van der Waals surface area contributed by atoms with Gasteiger partial charge in [0.15, 0.2) is 0 Å². The van der Waals surface area contributed by atoms with Gasteiger partial charge in [0.1, 0.15) is 11.3 Å². The van der Waals surface area contributed by atoms with Crippen molar-refractivity contribution in [3.8, 4) is 5.75 Å². The fraction of sp³-hybridized carbons (Fsp3) is 0.105. The summed E-state index contributed by atoms with van der Waals surface area (Å²) in [4.78, 5) is 38.3. The number of nitrogens with zero attached hydrogens (tertiary/aromatic N) is 1. The van der Waals surface area contributed by atoms with E-state index in [-0.39, 0.29) is 5.57 Å². The van der Waals surface area contributed by atoms with E-state index in [1.807, 2.05) is 0 Å². The zero-order valence-electron chi connectivity index (χ0n) is 14.1. The minimum atomic E-state index is -0.817. The van der Waals surface area contributed by atoms with Crippen molar-refractivity contribution in [2.24, 2.45) is 0 Å². The molecule has 0 aromatic heterocycles. The largest absolute Gasteiger partial charge is 0.496 e. The number of para-hydroxylation sites is 1. The number of carbonyl (C=O) groups excluding carboxylic acids is 3. The van der Waals surface area contributed by atoms with E-state index < -0.39 is 17.8 Å². The lowest BCUT2D eigenvalue weighted by molar-refractivity contribution is -0.122. The second-order valence-corrected chi connectivity index (χ2v) is 5.99. The van der Waals surface area contributed by atoms with Gasteiger partial charge in [0.2, 0.25) is 0 Å². The number of amides is 4. The standard InChI is InChI=1S/C19H15ClN2O4/c1-11-14(20)7-5-8-15(11)22-18(24)13(17(23)21-19(22)25)10-12-6-3-4-9-16(12)26-2/h3-10H,1-2H3,(H,21,23,25)/b13-10+. The molecule has 3 rings (SSSR count). The Bertz CT molecular complexity index is 952. The second kappa shape index (κ2) is 7.01. The van der Waals surface area contributed by atoms with Gasteiger partial charge in [0.05, 0.1) is 12.8 Å². The molecule has 132 valence electrons. The summed E-state index contributed by atoms with van der Waals surface area (Å²) in [5.41, 5.74) is 1.25. The van der Waals surface area contributed by atoms with Crippen molar-refractivity contribution in [1.29, 1.82) is 0 Å². The van der Waals surface area contributed by atoms with Crippen LogP contribution in [0.5, 0.6) is 5.75 Å². The summed E-state index contributed by atoms with van der Waals surface area (Å²) in [6, 6.07) is 11.0. The molecule has 0 radical (unpaired) electrons. The van der Waals surface area contributed by atoms with Gasteiger partial charge in [0, 0.05) is 10.6 Å². The highest BCUT2D eigenvalue weighted by atomic mass is 35.5. The minimum absolute atomic E-state index is 0.173. The Balaban J connectivity index is 2.09. The zero-order valence-corrected chi connectivity index (χ0v) is 14.8. The van der Waals surface area contributed by atoms with Gasteiger partial charge in [-0.2, -0.15) is 0 Å². The summed E-state index contributed by atoms with van der Waals surface area (Å²) in [5, 5.41) is 2.60.